The van der Waals surface area contributed by atoms with Gasteiger partial charge < -0.3 is 16.0 Å². The molecule has 2 aromatic rings. The lowest BCUT2D eigenvalue weighted by atomic mass is 10.2. The molecule has 124 valence electrons. The molecule has 0 aromatic heterocycles. The third-order valence-corrected chi connectivity index (χ3v) is 3.30. The summed E-state index contributed by atoms with van der Waals surface area (Å²) in [6, 6.07) is 16.7. The summed E-state index contributed by atoms with van der Waals surface area (Å²) in [7, 11) is 1.55. The molecule has 5 nitrogen and oxygen atoms in total. The number of carbonyl (C=O) groups excluding carboxylic acids is 2. The number of rotatable bonds is 6. The molecule has 0 fully saturated rings. The average molecular weight is 323 g/mol. The minimum atomic E-state index is -0.281. The number of benzene rings is 2. The molecule has 0 heterocycles. The van der Waals surface area contributed by atoms with Crippen LogP contribution in [0.4, 0.5) is 16.2 Å². The smallest absolute Gasteiger partial charge is 0.318 e. The second-order valence-electron chi connectivity index (χ2n) is 5.18. The van der Waals surface area contributed by atoms with Crippen LogP contribution in [-0.4, -0.2) is 19.0 Å². The van der Waals surface area contributed by atoms with Gasteiger partial charge in [-0.25, -0.2) is 4.79 Å². The van der Waals surface area contributed by atoms with Crippen LogP contribution in [0.3, 0.4) is 0 Å². The van der Waals surface area contributed by atoms with Crippen LogP contribution in [0.1, 0.15) is 18.4 Å². The van der Waals surface area contributed by atoms with Gasteiger partial charge in [-0.2, -0.15) is 0 Å². The van der Waals surface area contributed by atoms with Gasteiger partial charge in [-0.05, 0) is 36.2 Å². The van der Waals surface area contributed by atoms with Crippen molar-refractivity contribution in [3.8, 4) is 0 Å². The number of hydrogen-bond acceptors (Lipinski definition) is 2. The largest absolute Gasteiger partial charge is 0.341 e. The molecule has 2 aromatic carbocycles. The minimum absolute atomic E-state index is 0.0419. The number of carbonyl (C=O) groups is 2. The van der Waals surface area contributed by atoms with E-state index in [1.807, 2.05) is 42.5 Å². The monoisotopic (exact) mass is 323 g/mol. The molecule has 24 heavy (non-hydrogen) atoms. The van der Waals surface area contributed by atoms with E-state index in [4.69, 9.17) is 0 Å². The van der Waals surface area contributed by atoms with Crippen LogP contribution in [0, 0.1) is 0 Å². The van der Waals surface area contributed by atoms with Gasteiger partial charge in [0.2, 0.25) is 5.91 Å². The van der Waals surface area contributed by atoms with E-state index in [1.54, 1.807) is 31.3 Å². The van der Waals surface area contributed by atoms with Crippen LogP contribution in [0.15, 0.2) is 60.7 Å². The Morgan fingerprint density at radius 3 is 2.17 bits per heavy atom. The lowest BCUT2D eigenvalue weighted by Gasteiger charge is -2.07. The fourth-order valence-corrected chi connectivity index (χ4v) is 2.05. The number of amides is 3. The Balaban J connectivity index is 1.76. The summed E-state index contributed by atoms with van der Waals surface area (Å²) in [6.45, 7) is 0. The predicted molar refractivity (Wildman–Crippen MR) is 97.9 cm³/mol. The first-order valence-electron chi connectivity index (χ1n) is 7.77. The second kappa shape index (κ2) is 9.15. The predicted octanol–water partition coefficient (Wildman–Crippen LogP) is 3.87. The highest BCUT2D eigenvalue weighted by molar-refractivity contribution is 5.92. The molecule has 0 atom stereocenters. The Bertz CT molecular complexity index is 694. The summed E-state index contributed by atoms with van der Waals surface area (Å²) in [5.74, 6) is -0.0419. The normalized spacial score (nSPS) is 10.4. The van der Waals surface area contributed by atoms with Gasteiger partial charge in [-0.15, -0.1) is 0 Å². The highest BCUT2D eigenvalue weighted by Gasteiger charge is 2.02. The number of allylic oxidation sites excluding steroid dienone is 1. The molecular weight excluding hydrogens is 302 g/mol. The van der Waals surface area contributed by atoms with E-state index in [0.717, 1.165) is 5.56 Å². The Morgan fingerprint density at radius 1 is 0.917 bits per heavy atom. The first-order valence-corrected chi connectivity index (χ1v) is 7.77. The van der Waals surface area contributed by atoms with Crippen molar-refractivity contribution in [3.05, 3.63) is 66.2 Å². The molecule has 0 unspecified atom stereocenters. The summed E-state index contributed by atoms with van der Waals surface area (Å²) in [5, 5.41) is 7.97. The summed E-state index contributed by atoms with van der Waals surface area (Å²) < 4.78 is 0. The van der Waals surface area contributed by atoms with Crippen LogP contribution < -0.4 is 16.0 Å². The van der Waals surface area contributed by atoms with Gasteiger partial charge in [0.15, 0.2) is 0 Å². The van der Waals surface area contributed by atoms with Gasteiger partial charge in [0.1, 0.15) is 0 Å². The van der Waals surface area contributed by atoms with Crippen LogP contribution >= 0.6 is 0 Å². The summed E-state index contributed by atoms with van der Waals surface area (Å²) in [6.07, 6.45) is 5.09. The molecule has 0 radical (unpaired) electrons. The lowest BCUT2D eigenvalue weighted by molar-refractivity contribution is -0.116. The molecule has 0 spiro atoms. The molecule has 3 amide bonds. The number of anilines is 2. The van der Waals surface area contributed by atoms with Crippen molar-refractivity contribution in [3.63, 3.8) is 0 Å². The maximum absolute atomic E-state index is 11.9. The van der Waals surface area contributed by atoms with E-state index >= 15 is 0 Å². The third kappa shape index (κ3) is 5.96. The number of nitrogens with one attached hydrogen (secondary N) is 3. The van der Waals surface area contributed by atoms with Gasteiger partial charge in [0, 0.05) is 24.8 Å². The highest BCUT2D eigenvalue weighted by Crippen LogP contribution is 2.14. The second-order valence-corrected chi connectivity index (χ2v) is 5.18. The van der Waals surface area contributed by atoms with Crippen molar-refractivity contribution in [2.45, 2.75) is 12.8 Å². The van der Waals surface area contributed by atoms with Gasteiger partial charge in [0.25, 0.3) is 0 Å². The van der Waals surface area contributed by atoms with Crippen molar-refractivity contribution in [1.82, 2.24) is 5.32 Å². The topological polar surface area (TPSA) is 70.2 Å². The molecule has 2 rings (SSSR count). The molecule has 0 aliphatic carbocycles. The van der Waals surface area contributed by atoms with E-state index in [1.165, 1.54) is 0 Å². The van der Waals surface area contributed by atoms with Crippen LogP contribution in [-0.2, 0) is 4.79 Å². The van der Waals surface area contributed by atoms with E-state index in [-0.39, 0.29) is 11.9 Å². The van der Waals surface area contributed by atoms with Gasteiger partial charge in [-0.3, -0.25) is 4.79 Å². The Hall–Kier alpha value is -3.08. The summed E-state index contributed by atoms with van der Waals surface area (Å²) >= 11 is 0. The Morgan fingerprint density at radius 2 is 1.54 bits per heavy atom. The lowest BCUT2D eigenvalue weighted by Crippen LogP contribution is -2.24. The van der Waals surface area contributed by atoms with Crippen LogP contribution in [0.5, 0.6) is 0 Å². The third-order valence-electron chi connectivity index (χ3n) is 3.30. The average Bonchev–Trinajstić information content (AvgIpc) is 2.61. The van der Waals surface area contributed by atoms with Crippen LogP contribution in [0.25, 0.3) is 6.08 Å². The van der Waals surface area contributed by atoms with Gasteiger partial charge >= 0.3 is 6.03 Å². The van der Waals surface area contributed by atoms with Crippen molar-refractivity contribution in [1.29, 1.82) is 0 Å². The van der Waals surface area contributed by atoms with Crippen molar-refractivity contribution in [2.24, 2.45) is 0 Å². The fourth-order valence-electron chi connectivity index (χ4n) is 2.05. The SMILES string of the molecule is CNC(=O)Nc1ccc(NC(=O)CCC=Cc2ccccc2)cc1. The molecular formula is C19H21N3O2. The fraction of sp³-hybridized carbons (Fsp3) is 0.158. The zero-order valence-corrected chi connectivity index (χ0v) is 13.6. The molecule has 0 aliphatic heterocycles. The zero-order valence-electron chi connectivity index (χ0n) is 13.6. The van der Waals surface area contributed by atoms with Gasteiger partial charge in [0.05, 0.1) is 0 Å². The maximum Gasteiger partial charge on any atom is 0.318 e. The zero-order chi connectivity index (χ0) is 17.2. The molecule has 0 bridgehead atoms. The van der Waals surface area contributed by atoms with Crippen LogP contribution in [0.2, 0.25) is 0 Å². The molecule has 5 heteroatoms. The van der Waals surface area contributed by atoms with E-state index in [2.05, 4.69) is 16.0 Å². The van der Waals surface area contributed by atoms with E-state index < -0.39 is 0 Å². The highest BCUT2D eigenvalue weighted by atomic mass is 16.2. The first-order chi connectivity index (χ1) is 11.7. The first kappa shape index (κ1) is 17.3. The minimum Gasteiger partial charge on any atom is -0.341 e. The van der Waals surface area contributed by atoms with Crippen molar-refractivity contribution < 1.29 is 9.59 Å². The molecule has 0 aliphatic rings. The van der Waals surface area contributed by atoms with E-state index in [0.29, 0.717) is 24.2 Å². The standard InChI is InChI=1S/C19H21N3O2/c1-20-19(24)22-17-13-11-16(12-14-17)21-18(23)10-6-5-9-15-7-3-2-4-8-15/h2-5,7-9,11-14H,6,10H2,1H3,(H,21,23)(H2,20,22,24). The number of urea groups is 1. The molecule has 0 saturated carbocycles. The maximum atomic E-state index is 11.9. The summed E-state index contributed by atoms with van der Waals surface area (Å²) in [4.78, 5) is 23.1. The Kier molecular flexibility index (Phi) is 6.58. The summed E-state index contributed by atoms with van der Waals surface area (Å²) in [5.41, 5.74) is 2.49. The van der Waals surface area contributed by atoms with E-state index in [9.17, 15) is 9.59 Å². The number of hydrogen-bond donors (Lipinski definition) is 3. The van der Waals surface area contributed by atoms with Crippen molar-refractivity contribution >= 4 is 29.4 Å². The molecule has 3 N–H and O–H groups in total. The van der Waals surface area contributed by atoms with Gasteiger partial charge in [-0.1, -0.05) is 42.5 Å². The molecule has 0 saturated heterocycles. The Labute approximate surface area is 141 Å². The quantitative estimate of drug-likeness (QED) is 0.755. The van der Waals surface area contributed by atoms with Crippen molar-refractivity contribution in [2.75, 3.05) is 17.7 Å².